The Morgan fingerprint density at radius 2 is 0.844 bits per heavy atom. The summed E-state index contributed by atoms with van der Waals surface area (Å²) >= 11 is 1.92. The molecule has 2 heteroatoms. The van der Waals surface area contributed by atoms with Gasteiger partial charge >= 0.3 is 0 Å². The van der Waals surface area contributed by atoms with Crippen molar-refractivity contribution in [1.82, 2.24) is 0 Å². The first-order valence-corrected chi connectivity index (χ1v) is 16.3. The fourth-order valence-electron chi connectivity index (χ4n) is 7.54. The molecule has 1 aliphatic rings. The van der Waals surface area contributed by atoms with Crippen molar-refractivity contribution < 1.29 is 0 Å². The van der Waals surface area contributed by atoms with Gasteiger partial charge in [0.05, 0.1) is 15.8 Å². The standard InChI is InChI=1S/C43H29NS/c1-4-16-30(17-5-1)43(37-26-12-10-22-33(37)34-23-11-13-27-38(34)43)39-28-14-24-35-36-25-15-29-40(42(36)45-41(35)39)44(31-18-6-2-7-19-31)32-20-8-3-9-21-32/h1-29H. The summed E-state index contributed by atoms with van der Waals surface area (Å²) in [6, 6.07) is 64.2. The molecule has 1 aliphatic carbocycles. The number of para-hydroxylation sites is 2. The van der Waals surface area contributed by atoms with Crippen LogP contribution in [-0.4, -0.2) is 0 Å². The van der Waals surface area contributed by atoms with Crippen LogP contribution in [0, 0.1) is 0 Å². The molecule has 8 aromatic rings. The third kappa shape index (κ3) is 3.79. The van der Waals surface area contributed by atoms with Crippen LogP contribution in [0.5, 0.6) is 0 Å². The Balaban J connectivity index is 1.39. The first-order valence-electron chi connectivity index (χ1n) is 15.5. The molecular formula is C43H29NS. The van der Waals surface area contributed by atoms with E-state index in [1.54, 1.807) is 0 Å². The predicted molar refractivity (Wildman–Crippen MR) is 191 cm³/mol. The van der Waals surface area contributed by atoms with E-state index in [9.17, 15) is 0 Å². The van der Waals surface area contributed by atoms with Crippen molar-refractivity contribution in [3.8, 4) is 11.1 Å². The van der Waals surface area contributed by atoms with Gasteiger partial charge in [-0.2, -0.15) is 0 Å². The third-order valence-electron chi connectivity index (χ3n) is 9.34. The molecular weight excluding hydrogens is 563 g/mol. The lowest BCUT2D eigenvalue weighted by Gasteiger charge is -2.34. The lowest BCUT2D eigenvalue weighted by molar-refractivity contribution is 0.778. The van der Waals surface area contributed by atoms with Gasteiger partial charge in [0, 0.05) is 26.8 Å². The van der Waals surface area contributed by atoms with E-state index in [0.717, 1.165) is 11.4 Å². The van der Waals surface area contributed by atoms with Crippen molar-refractivity contribution in [2.45, 2.75) is 5.41 Å². The summed E-state index contributed by atoms with van der Waals surface area (Å²) in [5, 5.41) is 2.58. The number of anilines is 3. The van der Waals surface area contributed by atoms with Crippen LogP contribution in [0.3, 0.4) is 0 Å². The average molecular weight is 592 g/mol. The van der Waals surface area contributed by atoms with Gasteiger partial charge < -0.3 is 4.90 Å². The van der Waals surface area contributed by atoms with Crippen molar-refractivity contribution in [3.63, 3.8) is 0 Å². The predicted octanol–water partition coefficient (Wildman–Crippen LogP) is 11.9. The molecule has 0 unspecified atom stereocenters. The van der Waals surface area contributed by atoms with Crippen LogP contribution in [0.1, 0.15) is 22.3 Å². The van der Waals surface area contributed by atoms with Gasteiger partial charge in [0.1, 0.15) is 0 Å². The van der Waals surface area contributed by atoms with Crippen molar-refractivity contribution in [3.05, 3.63) is 198 Å². The summed E-state index contributed by atoms with van der Waals surface area (Å²) in [5.41, 5.74) is 11.0. The van der Waals surface area contributed by atoms with E-state index in [1.165, 1.54) is 59.2 Å². The minimum atomic E-state index is -0.437. The first kappa shape index (κ1) is 26.0. The van der Waals surface area contributed by atoms with Gasteiger partial charge in [-0.3, -0.25) is 0 Å². The number of benzene rings is 7. The summed E-state index contributed by atoms with van der Waals surface area (Å²) in [5.74, 6) is 0. The number of nitrogens with zero attached hydrogens (tertiary/aromatic N) is 1. The second kappa shape index (κ2) is 10.3. The summed E-state index contributed by atoms with van der Waals surface area (Å²) < 4.78 is 2.62. The van der Waals surface area contributed by atoms with Crippen molar-refractivity contribution in [1.29, 1.82) is 0 Å². The molecule has 0 fully saturated rings. The third-order valence-corrected chi connectivity index (χ3v) is 10.6. The van der Waals surface area contributed by atoms with E-state index < -0.39 is 5.41 Å². The molecule has 0 aliphatic heterocycles. The van der Waals surface area contributed by atoms with E-state index in [-0.39, 0.29) is 0 Å². The second-order valence-corrected chi connectivity index (χ2v) is 12.7. The normalized spacial score (nSPS) is 13.1. The zero-order chi connectivity index (χ0) is 29.8. The van der Waals surface area contributed by atoms with Gasteiger partial charge in [-0.25, -0.2) is 0 Å². The van der Waals surface area contributed by atoms with Gasteiger partial charge in [-0.15, -0.1) is 11.3 Å². The maximum atomic E-state index is 2.39. The lowest BCUT2D eigenvalue weighted by Crippen LogP contribution is -2.28. The molecule has 0 radical (unpaired) electrons. The average Bonchev–Trinajstić information content (AvgIpc) is 3.65. The molecule has 1 heterocycles. The molecule has 0 spiro atoms. The minimum Gasteiger partial charge on any atom is -0.309 e. The SMILES string of the molecule is c1ccc(N(c2ccccc2)c2cccc3c2sc2c(C4(c5ccccc5)c5ccccc5-c5ccccc54)cccc23)cc1. The summed E-state index contributed by atoms with van der Waals surface area (Å²) in [6.07, 6.45) is 0. The van der Waals surface area contributed by atoms with E-state index >= 15 is 0 Å². The van der Waals surface area contributed by atoms with Gasteiger partial charge in [-0.05, 0) is 63.7 Å². The molecule has 0 saturated carbocycles. The van der Waals surface area contributed by atoms with E-state index in [0.29, 0.717) is 0 Å². The fourth-order valence-corrected chi connectivity index (χ4v) is 8.91. The molecule has 0 atom stereocenters. The molecule has 0 saturated heterocycles. The van der Waals surface area contributed by atoms with Crippen LogP contribution in [0.15, 0.2) is 176 Å². The van der Waals surface area contributed by atoms with Gasteiger partial charge in [0.15, 0.2) is 0 Å². The van der Waals surface area contributed by atoms with Crippen LogP contribution in [-0.2, 0) is 5.41 Å². The largest absolute Gasteiger partial charge is 0.309 e. The first-order chi connectivity index (χ1) is 22.4. The van der Waals surface area contributed by atoms with Gasteiger partial charge in [0.2, 0.25) is 0 Å². The Bertz CT molecular complexity index is 2240. The number of hydrogen-bond donors (Lipinski definition) is 0. The molecule has 0 amide bonds. The molecule has 0 bridgehead atoms. The van der Waals surface area contributed by atoms with Crippen LogP contribution in [0.2, 0.25) is 0 Å². The Kier molecular flexibility index (Phi) is 5.97. The van der Waals surface area contributed by atoms with Crippen LogP contribution >= 0.6 is 11.3 Å². The Morgan fingerprint density at radius 3 is 1.44 bits per heavy atom. The van der Waals surface area contributed by atoms with Gasteiger partial charge in [-0.1, -0.05) is 146 Å². The summed E-state index contributed by atoms with van der Waals surface area (Å²) in [7, 11) is 0. The zero-order valence-corrected chi connectivity index (χ0v) is 25.4. The maximum absolute atomic E-state index is 2.39. The number of thiophene rings is 1. The highest BCUT2D eigenvalue weighted by molar-refractivity contribution is 7.26. The molecule has 9 rings (SSSR count). The molecule has 1 nitrogen and oxygen atoms in total. The number of fused-ring (bicyclic) bond motifs is 6. The second-order valence-electron chi connectivity index (χ2n) is 11.7. The molecule has 0 N–H and O–H groups in total. The highest BCUT2D eigenvalue weighted by Crippen LogP contribution is 2.58. The van der Waals surface area contributed by atoms with Crippen molar-refractivity contribution in [2.75, 3.05) is 4.90 Å². The minimum absolute atomic E-state index is 0.437. The van der Waals surface area contributed by atoms with Crippen LogP contribution < -0.4 is 4.90 Å². The zero-order valence-electron chi connectivity index (χ0n) is 24.6. The molecule has 45 heavy (non-hydrogen) atoms. The quantitative estimate of drug-likeness (QED) is 0.192. The summed E-state index contributed by atoms with van der Waals surface area (Å²) in [4.78, 5) is 2.39. The van der Waals surface area contributed by atoms with Crippen LogP contribution in [0.25, 0.3) is 31.3 Å². The van der Waals surface area contributed by atoms with Gasteiger partial charge in [0.25, 0.3) is 0 Å². The number of hydrogen-bond acceptors (Lipinski definition) is 2. The van der Waals surface area contributed by atoms with Crippen molar-refractivity contribution >= 4 is 48.6 Å². The summed E-state index contributed by atoms with van der Waals surface area (Å²) in [6.45, 7) is 0. The topological polar surface area (TPSA) is 3.24 Å². The number of rotatable bonds is 5. The van der Waals surface area contributed by atoms with E-state index in [4.69, 9.17) is 0 Å². The lowest BCUT2D eigenvalue weighted by atomic mass is 9.67. The van der Waals surface area contributed by atoms with Crippen molar-refractivity contribution in [2.24, 2.45) is 0 Å². The van der Waals surface area contributed by atoms with E-state index in [1.807, 2.05) is 11.3 Å². The molecule has 212 valence electrons. The Labute approximate surface area is 267 Å². The maximum Gasteiger partial charge on any atom is 0.0727 e. The Hall–Kier alpha value is -5.44. The molecule has 1 aromatic heterocycles. The fraction of sp³-hybridized carbons (Fsp3) is 0.0233. The van der Waals surface area contributed by atoms with Crippen LogP contribution in [0.4, 0.5) is 17.1 Å². The Morgan fingerprint density at radius 1 is 0.378 bits per heavy atom. The molecule has 7 aromatic carbocycles. The smallest absolute Gasteiger partial charge is 0.0727 e. The highest BCUT2D eigenvalue weighted by Gasteiger charge is 2.47. The van der Waals surface area contributed by atoms with E-state index in [2.05, 4.69) is 181 Å². The monoisotopic (exact) mass is 591 g/mol. The highest BCUT2D eigenvalue weighted by atomic mass is 32.1.